The minimum Gasteiger partial charge on any atom is -0.484 e. The third kappa shape index (κ3) is 5.67. The summed E-state index contributed by atoms with van der Waals surface area (Å²) in [7, 11) is -3.52. The second kappa shape index (κ2) is 9.86. The molecule has 1 saturated heterocycles. The van der Waals surface area contributed by atoms with Crippen LogP contribution in [0.4, 0.5) is 5.69 Å². The molecule has 30 heavy (non-hydrogen) atoms. The number of nitrogens with one attached hydrogen (secondary N) is 1. The van der Waals surface area contributed by atoms with E-state index in [2.05, 4.69) is 5.32 Å². The molecule has 1 N–H and O–H groups in total. The summed E-state index contributed by atoms with van der Waals surface area (Å²) in [4.78, 5) is 23.8. The summed E-state index contributed by atoms with van der Waals surface area (Å²) in [6.45, 7) is 2.32. The van der Waals surface area contributed by atoms with Gasteiger partial charge in [-0.3, -0.25) is 9.59 Å². The Morgan fingerprint density at radius 1 is 1.00 bits per heavy atom. The van der Waals surface area contributed by atoms with Gasteiger partial charge < -0.3 is 10.1 Å². The first kappa shape index (κ1) is 22.0. The van der Waals surface area contributed by atoms with Crippen molar-refractivity contribution in [2.75, 3.05) is 25.0 Å². The van der Waals surface area contributed by atoms with Gasteiger partial charge in [0, 0.05) is 24.3 Å². The van der Waals surface area contributed by atoms with E-state index >= 15 is 0 Å². The first-order chi connectivity index (χ1) is 14.4. The molecule has 0 bridgehead atoms. The Balaban J connectivity index is 1.58. The predicted octanol–water partition coefficient (Wildman–Crippen LogP) is 3.47. The van der Waals surface area contributed by atoms with Crippen molar-refractivity contribution in [2.24, 2.45) is 0 Å². The van der Waals surface area contributed by atoms with Gasteiger partial charge in [-0.15, -0.1) is 0 Å². The summed E-state index contributed by atoms with van der Waals surface area (Å²) in [5.41, 5.74) is 0.991. The molecule has 0 atom stereocenters. The highest BCUT2D eigenvalue weighted by Gasteiger charge is 2.25. The van der Waals surface area contributed by atoms with Gasteiger partial charge in [-0.05, 0) is 56.2 Å². The Kier molecular flexibility index (Phi) is 7.23. The molecule has 0 aromatic heterocycles. The van der Waals surface area contributed by atoms with E-state index < -0.39 is 10.0 Å². The van der Waals surface area contributed by atoms with Crippen LogP contribution in [-0.4, -0.2) is 44.1 Å². The molecular weight excluding hydrogens is 404 g/mol. The van der Waals surface area contributed by atoms with E-state index in [1.54, 1.807) is 36.4 Å². The van der Waals surface area contributed by atoms with Crippen LogP contribution >= 0.6 is 0 Å². The average Bonchev–Trinajstić information content (AvgIpc) is 3.03. The van der Waals surface area contributed by atoms with Crippen molar-refractivity contribution >= 4 is 27.4 Å². The van der Waals surface area contributed by atoms with Crippen molar-refractivity contribution in [3.05, 3.63) is 54.1 Å². The lowest BCUT2D eigenvalue weighted by atomic mass is 10.1. The van der Waals surface area contributed by atoms with Crippen LogP contribution < -0.4 is 10.1 Å². The van der Waals surface area contributed by atoms with Gasteiger partial charge in [0.15, 0.2) is 12.4 Å². The van der Waals surface area contributed by atoms with Gasteiger partial charge in [-0.25, -0.2) is 8.42 Å². The molecule has 3 rings (SSSR count). The van der Waals surface area contributed by atoms with Crippen molar-refractivity contribution in [1.29, 1.82) is 0 Å². The smallest absolute Gasteiger partial charge is 0.262 e. The monoisotopic (exact) mass is 430 g/mol. The summed E-state index contributed by atoms with van der Waals surface area (Å²) in [6.07, 6.45) is 3.86. The summed E-state index contributed by atoms with van der Waals surface area (Å²) in [6, 6.07) is 12.8. The molecule has 160 valence electrons. The maximum absolute atomic E-state index is 12.8. The SMILES string of the molecule is CC(=O)c1cccc(OCC(=O)Nc2ccc(S(=O)(=O)N3CCCCCC3)cc2)c1. The number of ketones is 1. The second-order valence-electron chi connectivity index (χ2n) is 7.26. The van der Waals surface area contributed by atoms with E-state index in [9.17, 15) is 18.0 Å². The van der Waals surface area contributed by atoms with E-state index in [-0.39, 0.29) is 23.2 Å². The molecule has 2 aromatic carbocycles. The van der Waals surface area contributed by atoms with Crippen molar-refractivity contribution in [2.45, 2.75) is 37.5 Å². The third-order valence-corrected chi connectivity index (χ3v) is 6.86. The van der Waals surface area contributed by atoms with Crippen LogP contribution in [0, 0.1) is 0 Å². The van der Waals surface area contributed by atoms with Crippen LogP contribution in [0.5, 0.6) is 5.75 Å². The van der Waals surface area contributed by atoms with Crippen LogP contribution in [0.2, 0.25) is 0 Å². The number of carbonyl (C=O) groups excluding carboxylic acids is 2. The first-order valence-corrected chi connectivity index (χ1v) is 11.4. The van der Waals surface area contributed by atoms with Gasteiger partial charge in [0.05, 0.1) is 4.90 Å². The van der Waals surface area contributed by atoms with Gasteiger partial charge in [0.2, 0.25) is 10.0 Å². The Labute approximate surface area is 177 Å². The summed E-state index contributed by atoms with van der Waals surface area (Å²) < 4.78 is 32.6. The van der Waals surface area contributed by atoms with Crippen molar-refractivity contribution in [3.8, 4) is 5.75 Å². The maximum atomic E-state index is 12.8. The second-order valence-corrected chi connectivity index (χ2v) is 9.20. The summed E-state index contributed by atoms with van der Waals surface area (Å²) in [5, 5.41) is 2.68. The number of nitrogens with zero attached hydrogens (tertiary/aromatic N) is 1. The predicted molar refractivity (Wildman–Crippen MR) is 114 cm³/mol. The lowest BCUT2D eigenvalue weighted by Gasteiger charge is -2.20. The van der Waals surface area contributed by atoms with Gasteiger partial charge in [-0.1, -0.05) is 25.0 Å². The number of anilines is 1. The van der Waals surface area contributed by atoms with Crippen LogP contribution in [0.3, 0.4) is 0 Å². The van der Waals surface area contributed by atoms with Crippen molar-refractivity contribution in [1.82, 2.24) is 4.31 Å². The Morgan fingerprint density at radius 2 is 1.67 bits per heavy atom. The number of benzene rings is 2. The van der Waals surface area contributed by atoms with Gasteiger partial charge >= 0.3 is 0 Å². The number of sulfonamides is 1. The maximum Gasteiger partial charge on any atom is 0.262 e. The molecule has 1 aliphatic rings. The third-order valence-electron chi connectivity index (χ3n) is 4.95. The zero-order chi connectivity index (χ0) is 21.6. The molecule has 1 fully saturated rings. The van der Waals surface area contributed by atoms with Crippen molar-refractivity contribution < 1.29 is 22.7 Å². The summed E-state index contributed by atoms with van der Waals surface area (Å²) in [5.74, 6) is -0.0387. The van der Waals surface area contributed by atoms with Crippen LogP contribution in [0.25, 0.3) is 0 Å². The highest BCUT2D eigenvalue weighted by atomic mass is 32.2. The largest absolute Gasteiger partial charge is 0.484 e. The van der Waals surface area contributed by atoms with E-state index in [1.807, 2.05) is 0 Å². The Bertz CT molecular complexity index is 994. The van der Waals surface area contributed by atoms with Crippen LogP contribution in [-0.2, 0) is 14.8 Å². The van der Waals surface area contributed by atoms with Crippen LogP contribution in [0.15, 0.2) is 53.4 Å². The molecule has 0 radical (unpaired) electrons. The fourth-order valence-corrected chi connectivity index (χ4v) is 4.81. The molecule has 7 nitrogen and oxygen atoms in total. The number of rotatable bonds is 7. The molecule has 0 spiro atoms. The fourth-order valence-electron chi connectivity index (χ4n) is 3.29. The molecule has 8 heteroatoms. The highest BCUT2D eigenvalue weighted by molar-refractivity contribution is 7.89. The number of hydrogen-bond acceptors (Lipinski definition) is 5. The molecular formula is C22H26N2O5S. The molecule has 0 saturated carbocycles. The quantitative estimate of drug-likeness (QED) is 0.679. The average molecular weight is 431 g/mol. The van der Waals surface area contributed by atoms with E-state index in [0.717, 1.165) is 25.7 Å². The molecule has 0 aliphatic carbocycles. The number of Topliss-reactive ketones (excluding diaryl/α,β-unsaturated/α-hetero) is 1. The van der Waals surface area contributed by atoms with Crippen molar-refractivity contribution in [3.63, 3.8) is 0 Å². The molecule has 1 amide bonds. The lowest BCUT2D eigenvalue weighted by molar-refractivity contribution is -0.118. The Hall–Kier alpha value is -2.71. The standard InChI is InChI=1S/C22H26N2O5S/c1-17(25)18-7-6-8-20(15-18)29-16-22(26)23-19-9-11-21(12-10-19)30(27,28)24-13-4-2-3-5-14-24/h6-12,15H,2-5,13-14,16H2,1H3,(H,23,26). The normalized spacial score (nSPS) is 15.2. The Morgan fingerprint density at radius 3 is 2.30 bits per heavy atom. The lowest BCUT2D eigenvalue weighted by Crippen LogP contribution is -2.31. The van der Waals surface area contributed by atoms with Crippen LogP contribution in [0.1, 0.15) is 43.0 Å². The zero-order valence-electron chi connectivity index (χ0n) is 17.0. The van der Waals surface area contributed by atoms with E-state index in [1.165, 1.54) is 23.4 Å². The topological polar surface area (TPSA) is 92.8 Å². The molecule has 2 aromatic rings. The number of carbonyl (C=O) groups is 2. The minimum absolute atomic E-state index is 0.0832. The number of amides is 1. The fraction of sp³-hybridized carbons (Fsp3) is 0.364. The first-order valence-electron chi connectivity index (χ1n) is 10.00. The highest BCUT2D eigenvalue weighted by Crippen LogP contribution is 2.22. The van der Waals surface area contributed by atoms with Gasteiger partial charge in [-0.2, -0.15) is 4.31 Å². The van der Waals surface area contributed by atoms with Gasteiger partial charge in [0.25, 0.3) is 5.91 Å². The zero-order valence-corrected chi connectivity index (χ0v) is 17.8. The minimum atomic E-state index is -3.52. The number of ether oxygens (including phenoxy) is 1. The van der Waals surface area contributed by atoms with Gasteiger partial charge in [0.1, 0.15) is 5.75 Å². The van der Waals surface area contributed by atoms with E-state index in [4.69, 9.17) is 4.74 Å². The summed E-state index contributed by atoms with van der Waals surface area (Å²) >= 11 is 0. The number of hydrogen-bond donors (Lipinski definition) is 1. The molecule has 1 aliphatic heterocycles. The van der Waals surface area contributed by atoms with E-state index in [0.29, 0.717) is 30.1 Å². The molecule has 0 unspecified atom stereocenters. The molecule has 1 heterocycles.